The molecule has 3 atom stereocenters. The van der Waals surface area contributed by atoms with Gasteiger partial charge in [0.25, 0.3) is 5.91 Å². The van der Waals surface area contributed by atoms with Crippen molar-refractivity contribution in [2.45, 2.75) is 18.8 Å². The van der Waals surface area contributed by atoms with Gasteiger partial charge in [0.15, 0.2) is 0 Å². The van der Waals surface area contributed by atoms with Gasteiger partial charge in [0.1, 0.15) is 5.41 Å². The minimum Gasteiger partial charge on any atom is -0.271 e. The number of rotatable bonds is 3. The molecular formula is C27H21N3O. The van der Waals surface area contributed by atoms with Crippen molar-refractivity contribution in [3.8, 4) is 0 Å². The van der Waals surface area contributed by atoms with Crippen LogP contribution in [0.3, 0.4) is 0 Å². The molecule has 0 bridgehead atoms. The van der Waals surface area contributed by atoms with Crippen LogP contribution in [0, 0.1) is 5.41 Å². The maximum atomic E-state index is 13.9. The summed E-state index contributed by atoms with van der Waals surface area (Å²) in [6, 6.07) is 32.3. The number of anilines is 1. The number of benzene rings is 3. The molecule has 1 aliphatic heterocycles. The van der Waals surface area contributed by atoms with E-state index in [0.717, 1.165) is 33.6 Å². The van der Waals surface area contributed by atoms with Gasteiger partial charge in [0, 0.05) is 22.9 Å². The lowest BCUT2D eigenvalue weighted by Crippen LogP contribution is -2.30. The van der Waals surface area contributed by atoms with E-state index in [1.807, 2.05) is 73.7 Å². The van der Waals surface area contributed by atoms with Crippen molar-refractivity contribution in [3.05, 3.63) is 108 Å². The third-order valence-corrected chi connectivity index (χ3v) is 6.70. The zero-order valence-electron chi connectivity index (χ0n) is 17.1. The highest BCUT2D eigenvalue weighted by atomic mass is 16.2. The third-order valence-electron chi connectivity index (χ3n) is 6.70. The molecule has 2 heterocycles. The molecule has 1 spiro atoms. The second kappa shape index (κ2) is 6.61. The monoisotopic (exact) mass is 403 g/mol. The first-order chi connectivity index (χ1) is 15.2. The lowest BCUT2D eigenvalue weighted by atomic mass is 9.93. The summed E-state index contributed by atoms with van der Waals surface area (Å²) >= 11 is 0. The molecule has 2 aliphatic rings. The van der Waals surface area contributed by atoms with Crippen LogP contribution in [0.25, 0.3) is 10.9 Å². The Labute approximate surface area is 180 Å². The molecule has 1 saturated carbocycles. The second-order valence-corrected chi connectivity index (χ2v) is 8.30. The molecule has 150 valence electrons. The van der Waals surface area contributed by atoms with E-state index in [0.29, 0.717) is 0 Å². The van der Waals surface area contributed by atoms with Gasteiger partial charge in [0.05, 0.1) is 16.9 Å². The van der Waals surface area contributed by atoms with Crippen LogP contribution < -0.4 is 5.01 Å². The molecule has 1 aromatic heterocycles. The summed E-state index contributed by atoms with van der Waals surface area (Å²) in [5, 5.41) is 7.42. The van der Waals surface area contributed by atoms with Gasteiger partial charge in [-0.25, -0.2) is 0 Å². The maximum Gasteiger partial charge on any atom is 0.260 e. The van der Waals surface area contributed by atoms with Crippen LogP contribution in [0.2, 0.25) is 0 Å². The van der Waals surface area contributed by atoms with E-state index in [-0.39, 0.29) is 17.7 Å². The summed E-state index contributed by atoms with van der Waals surface area (Å²) in [4.78, 5) is 18.9. The van der Waals surface area contributed by atoms with Crippen LogP contribution in [0.5, 0.6) is 0 Å². The Bertz CT molecular complexity index is 1330. The molecule has 0 N–H and O–H groups in total. The van der Waals surface area contributed by atoms with Gasteiger partial charge < -0.3 is 0 Å². The molecule has 0 unspecified atom stereocenters. The Morgan fingerprint density at radius 2 is 1.45 bits per heavy atom. The van der Waals surface area contributed by atoms with Gasteiger partial charge in [-0.3, -0.25) is 9.78 Å². The first kappa shape index (κ1) is 18.0. The summed E-state index contributed by atoms with van der Waals surface area (Å²) in [6.07, 6.45) is 0. The number of carbonyl (C=O) groups is 1. The average Bonchev–Trinajstić information content (AvgIpc) is 3.47. The number of aromatic nitrogens is 1. The van der Waals surface area contributed by atoms with Crippen molar-refractivity contribution in [2.24, 2.45) is 10.5 Å². The van der Waals surface area contributed by atoms with Crippen molar-refractivity contribution in [3.63, 3.8) is 0 Å². The SMILES string of the molecule is CC1=NN(c2ccccc2)C(=O)[C@]12[C@H](c1ccc3ccccc3n1)[C@@H]2c1ccccc1. The van der Waals surface area contributed by atoms with Crippen LogP contribution in [0.15, 0.2) is 102 Å². The van der Waals surface area contributed by atoms with Crippen molar-refractivity contribution >= 4 is 28.2 Å². The molecule has 4 nitrogen and oxygen atoms in total. The van der Waals surface area contributed by atoms with Crippen molar-refractivity contribution in [1.29, 1.82) is 0 Å². The summed E-state index contributed by atoms with van der Waals surface area (Å²) in [6.45, 7) is 1.98. The van der Waals surface area contributed by atoms with E-state index in [2.05, 4.69) is 30.3 Å². The highest BCUT2D eigenvalue weighted by molar-refractivity contribution is 6.23. The van der Waals surface area contributed by atoms with Crippen LogP contribution in [-0.2, 0) is 4.79 Å². The molecule has 1 aliphatic carbocycles. The van der Waals surface area contributed by atoms with Gasteiger partial charge in [-0.1, -0.05) is 72.8 Å². The Kier molecular flexibility index (Phi) is 3.84. The van der Waals surface area contributed by atoms with Crippen molar-refractivity contribution < 1.29 is 4.79 Å². The number of hydrogen-bond acceptors (Lipinski definition) is 3. The van der Waals surface area contributed by atoms with Crippen LogP contribution >= 0.6 is 0 Å². The third kappa shape index (κ3) is 2.51. The quantitative estimate of drug-likeness (QED) is 0.452. The first-order valence-corrected chi connectivity index (χ1v) is 10.6. The molecule has 0 radical (unpaired) electrons. The van der Waals surface area contributed by atoms with Gasteiger partial charge in [0.2, 0.25) is 0 Å². The van der Waals surface area contributed by atoms with Gasteiger partial charge >= 0.3 is 0 Å². The van der Waals surface area contributed by atoms with E-state index >= 15 is 0 Å². The number of nitrogens with zero attached hydrogens (tertiary/aromatic N) is 3. The smallest absolute Gasteiger partial charge is 0.260 e. The zero-order valence-corrected chi connectivity index (χ0v) is 17.1. The number of pyridine rings is 1. The van der Waals surface area contributed by atoms with Gasteiger partial charge in [-0.2, -0.15) is 10.1 Å². The number of amides is 1. The Hall–Kier alpha value is -3.79. The van der Waals surface area contributed by atoms with E-state index in [1.54, 1.807) is 5.01 Å². The Balaban J connectivity index is 1.50. The fraction of sp³-hybridized carbons (Fsp3) is 0.148. The van der Waals surface area contributed by atoms with Gasteiger partial charge in [-0.05, 0) is 36.8 Å². The van der Waals surface area contributed by atoms with Crippen molar-refractivity contribution in [2.75, 3.05) is 5.01 Å². The predicted octanol–water partition coefficient (Wildman–Crippen LogP) is 5.52. The lowest BCUT2D eigenvalue weighted by molar-refractivity contribution is -0.121. The number of fused-ring (bicyclic) bond motifs is 1. The summed E-state index contributed by atoms with van der Waals surface area (Å²) in [5.74, 6) is 0.0156. The molecule has 3 aromatic carbocycles. The van der Waals surface area contributed by atoms with E-state index < -0.39 is 5.41 Å². The molecule has 1 amide bonds. The Morgan fingerprint density at radius 1 is 0.774 bits per heavy atom. The normalized spacial score (nSPS) is 24.6. The van der Waals surface area contributed by atoms with Gasteiger partial charge in [-0.15, -0.1) is 0 Å². The fourth-order valence-corrected chi connectivity index (χ4v) is 5.23. The summed E-state index contributed by atoms with van der Waals surface area (Å²) < 4.78 is 0. The van der Waals surface area contributed by atoms with Crippen molar-refractivity contribution in [1.82, 2.24) is 4.98 Å². The molecule has 0 saturated heterocycles. The predicted molar refractivity (Wildman–Crippen MR) is 123 cm³/mol. The number of para-hydroxylation sites is 2. The standard InChI is InChI=1S/C27H21N3O/c1-18-27(26(31)30(29-18)21-13-6-3-7-14-21)24(20-11-4-2-5-12-20)25(27)23-17-16-19-10-8-9-15-22(19)28-23/h2-17,24-25H,1H3/t24-,25+,27+/m0/s1. The molecule has 4 heteroatoms. The lowest BCUT2D eigenvalue weighted by Gasteiger charge is -2.15. The summed E-state index contributed by atoms with van der Waals surface area (Å²) in [5.41, 5.74) is 4.02. The number of hydrogen-bond donors (Lipinski definition) is 0. The summed E-state index contributed by atoms with van der Waals surface area (Å²) in [7, 11) is 0. The number of hydrazone groups is 1. The molecule has 1 fully saturated rings. The zero-order chi connectivity index (χ0) is 21.0. The molecule has 6 rings (SSSR count). The van der Waals surface area contributed by atoms with Crippen LogP contribution in [0.1, 0.15) is 30.0 Å². The van der Waals surface area contributed by atoms with Crippen LogP contribution in [0.4, 0.5) is 5.69 Å². The highest BCUT2D eigenvalue weighted by Crippen LogP contribution is 2.73. The highest BCUT2D eigenvalue weighted by Gasteiger charge is 2.75. The molecular weight excluding hydrogens is 382 g/mol. The van der Waals surface area contributed by atoms with E-state index in [4.69, 9.17) is 10.1 Å². The molecule has 4 aromatic rings. The topological polar surface area (TPSA) is 45.6 Å². The van der Waals surface area contributed by atoms with Crippen LogP contribution in [-0.4, -0.2) is 16.6 Å². The average molecular weight is 403 g/mol. The van der Waals surface area contributed by atoms with E-state index in [9.17, 15) is 4.79 Å². The first-order valence-electron chi connectivity index (χ1n) is 10.6. The minimum absolute atomic E-state index is 0.0207. The largest absolute Gasteiger partial charge is 0.271 e. The second-order valence-electron chi connectivity index (χ2n) is 8.30. The maximum absolute atomic E-state index is 13.9. The molecule has 31 heavy (non-hydrogen) atoms. The number of carbonyl (C=O) groups excluding carboxylic acids is 1. The fourth-order valence-electron chi connectivity index (χ4n) is 5.23. The minimum atomic E-state index is -0.688. The Morgan fingerprint density at radius 3 is 2.23 bits per heavy atom. The van der Waals surface area contributed by atoms with E-state index in [1.165, 1.54) is 0 Å².